The Morgan fingerprint density at radius 3 is 2.07 bits per heavy atom. The number of nitrogens with zero attached hydrogens (tertiary/aromatic N) is 1. The first-order valence-electron chi connectivity index (χ1n) is 4.64. The highest BCUT2D eigenvalue weighted by Crippen LogP contribution is 2.13. The van der Waals surface area contributed by atoms with E-state index in [1.54, 1.807) is 13.1 Å². The number of rotatable bonds is 4. The predicted octanol–water partition coefficient (Wildman–Crippen LogP) is 3.71. The lowest BCUT2D eigenvalue weighted by Gasteiger charge is -2.08. The van der Waals surface area contributed by atoms with Crippen molar-refractivity contribution in [2.75, 3.05) is 7.05 Å². The highest BCUT2D eigenvalue weighted by molar-refractivity contribution is 6.13. The zero-order valence-electron chi connectivity index (χ0n) is 9.59. The standard InChI is InChI=1S/C13H19N/c1-7-8-9-12(10(2)3)13(14-6)11(4)5/h7-9H,1,4H2,2-3,5-6H3/b9-8-,14-13?. The SMILES string of the molecule is C=C/C=C\C(C(=NC)C(=C)C)=C(C)C. The van der Waals surface area contributed by atoms with Gasteiger partial charge in [0.2, 0.25) is 0 Å². The van der Waals surface area contributed by atoms with Crippen LogP contribution in [0.5, 0.6) is 0 Å². The second kappa shape index (κ2) is 6.14. The lowest BCUT2D eigenvalue weighted by atomic mass is 10.00. The molecule has 1 nitrogen and oxygen atoms in total. The van der Waals surface area contributed by atoms with Crippen LogP contribution in [0.15, 0.2) is 53.1 Å². The normalized spacial score (nSPS) is 11.6. The maximum Gasteiger partial charge on any atom is 0.0665 e. The predicted molar refractivity (Wildman–Crippen MR) is 65.9 cm³/mol. The maximum atomic E-state index is 4.24. The van der Waals surface area contributed by atoms with E-state index in [0.29, 0.717) is 0 Å². The minimum atomic E-state index is 0.961. The molecule has 0 N–H and O–H groups in total. The van der Waals surface area contributed by atoms with E-state index in [4.69, 9.17) is 0 Å². The second-order valence-electron chi connectivity index (χ2n) is 3.36. The van der Waals surface area contributed by atoms with Gasteiger partial charge >= 0.3 is 0 Å². The van der Waals surface area contributed by atoms with Crippen molar-refractivity contribution in [2.45, 2.75) is 20.8 Å². The van der Waals surface area contributed by atoms with E-state index < -0.39 is 0 Å². The summed E-state index contributed by atoms with van der Waals surface area (Å²) in [5.41, 5.74) is 4.30. The fraction of sp³-hybridized carbons (Fsp3) is 0.308. The molecule has 0 aliphatic heterocycles. The van der Waals surface area contributed by atoms with Crippen LogP contribution >= 0.6 is 0 Å². The van der Waals surface area contributed by atoms with E-state index in [9.17, 15) is 0 Å². The highest BCUT2D eigenvalue weighted by Gasteiger charge is 2.05. The molecule has 0 rings (SSSR count). The van der Waals surface area contributed by atoms with Crippen LogP contribution in [-0.2, 0) is 0 Å². The molecule has 0 atom stereocenters. The zero-order chi connectivity index (χ0) is 11.1. The van der Waals surface area contributed by atoms with Crippen LogP contribution in [0, 0.1) is 0 Å². The Hall–Kier alpha value is -1.37. The fourth-order valence-electron chi connectivity index (χ4n) is 1.19. The van der Waals surface area contributed by atoms with Crippen LogP contribution in [0.2, 0.25) is 0 Å². The summed E-state index contributed by atoms with van der Waals surface area (Å²) in [6.45, 7) is 13.7. The minimum absolute atomic E-state index is 0.961. The monoisotopic (exact) mass is 189 g/mol. The van der Waals surface area contributed by atoms with Crippen molar-refractivity contribution in [3.05, 3.63) is 48.1 Å². The third kappa shape index (κ3) is 3.56. The molecular weight excluding hydrogens is 170 g/mol. The van der Waals surface area contributed by atoms with E-state index >= 15 is 0 Å². The highest BCUT2D eigenvalue weighted by atomic mass is 14.7. The van der Waals surface area contributed by atoms with Gasteiger partial charge in [-0.05, 0) is 31.9 Å². The average Bonchev–Trinajstić information content (AvgIpc) is 2.10. The molecule has 1 heteroatoms. The first-order chi connectivity index (χ1) is 6.54. The summed E-state index contributed by atoms with van der Waals surface area (Å²) < 4.78 is 0. The quantitative estimate of drug-likeness (QED) is 0.472. The molecule has 0 saturated heterocycles. The van der Waals surface area contributed by atoms with Crippen molar-refractivity contribution >= 4 is 5.71 Å². The molecule has 76 valence electrons. The Morgan fingerprint density at radius 1 is 1.21 bits per heavy atom. The Bertz CT molecular complexity index is 310. The van der Waals surface area contributed by atoms with Crippen molar-refractivity contribution < 1.29 is 0 Å². The largest absolute Gasteiger partial charge is 0.288 e. The van der Waals surface area contributed by atoms with Gasteiger partial charge in [-0.15, -0.1) is 0 Å². The number of hydrogen-bond donors (Lipinski definition) is 0. The Morgan fingerprint density at radius 2 is 1.79 bits per heavy atom. The van der Waals surface area contributed by atoms with E-state index in [2.05, 4.69) is 32.0 Å². The van der Waals surface area contributed by atoms with Gasteiger partial charge in [-0.3, -0.25) is 4.99 Å². The first-order valence-corrected chi connectivity index (χ1v) is 4.64. The van der Waals surface area contributed by atoms with E-state index in [1.807, 2.05) is 19.1 Å². The average molecular weight is 189 g/mol. The lowest BCUT2D eigenvalue weighted by Crippen LogP contribution is -2.03. The molecule has 0 amide bonds. The summed E-state index contributed by atoms with van der Waals surface area (Å²) in [5.74, 6) is 0. The molecule has 0 saturated carbocycles. The molecule has 0 bridgehead atoms. The van der Waals surface area contributed by atoms with Crippen LogP contribution < -0.4 is 0 Å². The minimum Gasteiger partial charge on any atom is -0.288 e. The van der Waals surface area contributed by atoms with Gasteiger partial charge in [0.15, 0.2) is 0 Å². The maximum absolute atomic E-state index is 4.24. The smallest absolute Gasteiger partial charge is 0.0665 e. The van der Waals surface area contributed by atoms with Crippen molar-refractivity contribution in [1.82, 2.24) is 0 Å². The summed E-state index contributed by atoms with van der Waals surface area (Å²) in [6, 6.07) is 0. The summed E-state index contributed by atoms with van der Waals surface area (Å²) in [6.07, 6.45) is 5.68. The van der Waals surface area contributed by atoms with Crippen molar-refractivity contribution in [3.8, 4) is 0 Å². The van der Waals surface area contributed by atoms with Crippen LogP contribution in [0.1, 0.15) is 20.8 Å². The van der Waals surface area contributed by atoms with Gasteiger partial charge in [0, 0.05) is 7.05 Å². The van der Waals surface area contributed by atoms with Gasteiger partial charge in [0.25, 0.3) is 0 Å². The van der Waals surface area contributed by atoms with Gasteiger partial charge in [0.05, 0.1) is 5.71 Å². The molecule has 0 heterocycles. The van der Waals surface area contributed by atoms with Crippen molar-refractivity contribution in [2.24, 2.45) is 4.99 Å². The van der Waals surface area contributed by atoms with Crippen LogP contribution in [0.25, 0.3) is 0 Å². The second-order valence-corrected chi connectivity index (χ2v) is 3.36. The molecule has 0 fully saturated rings. The van der Waals surface area contributed by atoms with Gasteiger partial charge in [-0.25, -0.2) is 0 Å². The van der Waals surface area contributed by atoms with Crippen molar-refractivity contribution in [3.63, 3.8) is 0 Å². The fourth-order valence-corrected chi connectivity index (χ4v) is 1.19. The summed E-state index contributed by atoms with van der Waals surface area (Å²) in [5, 5.41) is 0. The third-order valence-electron chi connectivity index (χ3n) is 1.82. The van der Waals surface area contributed by atoms with E-state index in [0.717, 1.165) is 16.9 Å². The molecule has 0 spiro atoms. The Balaban J connectivity index is 5.24. The molecule has 0 aromatic rings. The molecule has 0 aromatic carbocycles. The number of hydrogen-bond acceptors (Lipinski definition) is 1. The molecule has 0 aliphatic rings. The topological polar surface area (TPSA) is 12.4 Å². The Kier molecular flexibility index (Phi) is 5.54. The molecule has 0 aliphatic carbocycles. The summed E-state index contributed by atoms with van der Waals surface area (Å²) in [4.78, 5) is 4.24. The number of aliphatic imine (C=N–C) groups is 1. The molecular formula is C13H19N. The lowest BCUT2D eigenvalue weighted by molar-refractivity contribution is 1.32. The third-order valence-corrected chi connectivity index (χ3v) is 1.82. The van der Waals surface area contributed by atoms with Gasteiger partial charge in [-0.2, -0.15) is 0 Å². The van der Waals surface area contributed by atoms with Gasteiger partial charge in [0.1, 0.15) is 0 Å². The summed E-state index contributed by atoms with van der Waals surface area (Å²) >= 11 is 0. The zero-order valence-corrected chi connectivity index (χ0v) is 9.59. The number of allylic oxidation sites excluding steroid dienone is 6. The molecule has 0 unspecified atom stereocenters. The van der Waals surface area contributed by atoms with Gasteiger partial charge < -0.3 is 0 Å². The van der Waals surface area contributed by atoms with E-state index in [1.165, 1.54) is 5.57 Å². The van der Waals surface area contributed by atoms with Crippen LogP contribution in [0.3, 0.4) is 0 Å². The van der Waals surface area contributed by atoms with Crippen LogP contribution in [-0.4, -0.2) is 12.8 Å². The molecule has 0 aromatic heterocycles. The van der Waals surface area contributed by atoms with Crippen molar-refractivity contribution in [1.29, 1.82) is 0 Å². The summed E-state index contributed by atoms with van der Waals surface area (Å²) in [7, 11) is 1.79. The van der Waals surface area contributed by atoms with Gasteiger partial charge in [-0.1, -0.05) is 37.0 Å². The molecule has 0 radical (unpaired) electrons. The first kappa shape index (κ1) is 12.6. The van der Waals surface area contributed by atoms with E-state index in [-0.39, 0.29) is 0 Å². The Labute approximate surface area is 87.3 Å². The van der Waals surface area contributed by atoms with Crippen LogP contribution in [0.4, 0.5) is 0 Å². The molecule has 14 heavy (non-hydrogen) atoms.